The molecule has 0 fully saturated rings. The number of anilines is 1. The van der Waals surface area contributed by atoms with Crippen molar-refractivity contribution in [2.75, 3.05) is 32.5 Å². The van der Waals surface area contributed by atoms with Gasteiger partial charge in [0.15, 0.2) is 5.65 Å². The number of halogens is 1. The predicted molar refractivity (Wildman–Crippen MR) is 85.4 cm³/mol. The third kappa shape index (κ3) is 3.07. The molecular formula is C16H18FN5. The highest BCUT2D eigenvalue weighted by Crippen LogP contribution is 2.21. The molecule has 0 bridgehead atoms. The molecule has 1 aromatic carbocycles. The lowest BCUT2D eigenvalue weighted by molar-refractivity contribution is 0.425. The third-order valence-electron chi connectivity index (χ3n) is 3.37. The van der Waals surface area contributed by atoms with E-state index < -0.39 is 0 Å². The van der Waals surface area contributed by atoms with Crippen LogP contribution in [0.3, 0.4) is 0 Å². The van der Waals surface area contributed by atoms with Gasteiger partial charge in [0.2, 0.25) is 0 Å². The van der Waals surface area contributed by atoms with Crippen LogP contribution in [0.1, 0.15) is 0 Å². The van der Waals surface area contributed by atoms with Gasteiger partial charge in [-0.15, -0.1) is 5.10 Å². The Hall–Kier alpha value is -2.47. The van der Waals surface area contributed by atoms with Crippen molar-refractivity contribution in [3.05, 3.63) is 48.4 Å². The van der Waals surface area contributed by atoms with Gasteiger partial charge in [0, 0.05) is 18.7 Å². The van der Waals surface area contributed by atoms with Crippen molar-refractivity contribution in [3.63, 3.8) is 0 Å². The topological polar surface area (TPSA) is 45.5 Å². The van der Waals surface area contributed by atoms with Crippen LogP contribution in [-0.4, -0.2) is 46.7 Å². The Balaban J connectivity index is 1.90. The second kappa shape index (κ2) is 6.11. The summed E-state index contributed by atoms with van der Waals surface area (Å²) in [6, 6.07) is 10.2. The quantitative estimate of drug-likeness (QED) is 0.786. The maximum Gasteiger partial charge on any atom is 0.154 e. The van der Waals surface area contributed by atoms with E-state index in [0.29, 0.717) is 0 Å². The molecule has 3 aromatic rings. The monoisotopic (exact) mass is 299 g/mol. The van der Waals surface area contributed by atoms with Crippen LogP contribution < -0.4 is 5.32 Å². The third-order valence-corrected chi connectivity index (χ3v) is 3.37. The fraction of sp³-hybridized carbons (Fsp3) is 0.250. The lowest BCUT2D eigenvalue weighted by Crippen LogP contribution is -2.21. The summed E-state index contributed by atoms with van der Waals surface area (Å²) in [5.41, 5.74) is 2.48. The minimum absolute atomic E-state index is 0.253. The standard InChI is InChI=1S/C16H18FN5/c1-21(2)10-9-18-15-7-8-16-19-11-14(22(16)20-15)12-3-5-13(17)6-4-12/h3-8,11H,9-10H2,1-2H3,(H,18,20). The molecule has 5 nitrogen and oxygen atoms in total. The van der Waals surface area contributed by atoms with Gasteiger partial charge in [0.05, 0.1) is 11.9 Å². The number of nitrogens with one attached hydrogen (secondary N) is 1. The van der Waals surface area contributed by atoms with Gasteiger partial charge in [-0.05, 0) is 50.5 Å². The fourth-order valence-electron chi connectivity index (χ4n) is 2.19. The predicted octanol–water partition coefficient (Wildman–Crippen LogP) is 2.51. The molecule has 0 saturated heterocycles. The first-order valence-corrected chi connectivity index (χ1v) is 7.13. The Morgan fingerprint density at radius 3 is 2.64 bits per heavy atom. The maximum atomic E-state index is 13.1. The highest BCUT2D eigenvalue weighted by molar-refractivity contribution is 5.63. The van der Waals surface area contributed by atoms with E-state index in [9.17, 15) is 4.39 Å². The van der Waals surface area contributed by atoms with Crippen LogP contribution in [0.4, 0.5) is 10.2 Å². The van der Waals surface area contributed by atoms with Crippen LogP contribution in [0, 0.1) is 5.82 Å². The molecule has 114 valence electrons. The van der Waals surface area contributed by atoms with E-state index >= 15 is 0 Å². The molecule has 0 amide bonds. The minimum Gasteiger partial charge on any atom is -0.367 e. The van der Waals surface area contributed by atoms with Gasteiger partial charge in [-0.3, -0.25) is 0 Å². The van der Waals surface area contributed by atoms with Crippen LogP contribution in [0.2, 0.25) is 0 Å². The molecule has 0 radical (unpaired) electrons. The van der Waals surface area contributed by atoms with Gasteiger partial charge in [-0.25, -0.2) is 13.9 Å². The zero-order valence-corrected chi connectivity index (χ0v) is 12.6. The van der Waals surface area contributed by atoms with E-state index in [-0.39, 0.29) is 5.82 Å². The molecule has 1 N–H and O–H groups in total. The molecule has 0 aliphatic carbocycles. The Kier molecular flexibility index (Phi) is 4.02. The van der Waals surface area contributed by atoms with Crippen LogP contribution in [0.5, 0.6) is 0 Å². The van der Waals surface area contributed by atoms with Crippen LogP contribution in [0.25, 0.3) is 16.9 Å². The summed E-state index contributed by atoms with van der Waals surface area (Å²) in [7, 11) is 4.06. The van der Waals surface area contributed by atoms with E-state index in [0.717, 1.165) is 35.8 Å². The Labute approximate surface area is 128 Å². The average Bonchev–Trinajstić information content (AvgIpc) is 2.91. The molecule has 6 heteroatoms. The van der Waals surface area contributed by atoms with Crippen LogP contribution >= 0.6 is 0 Å². The Morgan fingerprint density at radius 2 is 1.91 bits per heavy atom. The van der Waals surface area contributed by atoms with E-state index in [1.165, 1.54) is 12.1 Å². The Morgan fingerprint density at radius 1 is 1.14 bits per heavy atom. The lowest BCUT2D eigenvalue weighted by atomic mass is 10.2. The van der Waals surface area contributed by atoms with Crippen LogP contribution in [-0.2, 0) is 0 Å². The number of rotatable bonds is 5. The highest BCUT2D eigenvalue weighted by atomic mass is 19.1. The minimum atomic E-state index is -0.253. The second-order valence-electron chi connectivity index (χ2n) is 5.37. The van der Waals surface area contributed by atoms with Crippen molar-refractivity contribution in [1.29, 1.82) is 0 Å². The fourth-order valence-corrected chi connectivity index (χ4v) is 2.19. The number of fused-ring (bicyclic) bond motifs is 1. The molecule has 3 rings (SSSR count). The maximum absolute atomic E-state index is 13.1. The van der Waals surface area contributed by atoms with Gasteiger partial charge in [-0.2, -0.15) is 0 Å². The number of hydrogen-bond acceptors (Lipinski definition) is 4. The van der Waals surface area contributed by atoms with Crippen molar-refractivity contribution < 1.29 is 4.39 Å². The Bertz CT molecular complexity index is 764. The van der Waals surface area contributed by atoms with E-state index in [1.807, 2.05) is 26.2 Å². The van der Waals surface area contributed by atoms with Crippen molar-refractivity contribution in [2.45, 2.75) is 0 Å². The molecule has 2 heterocycles. The largest absolute Gasteiger partial charge is 0.367 e. The summed E-state index contributed by atoms with van der Waals surface area (Å²) in [5, 5.41) is 7.85. The molecule has 0 aliphatic heterocycles. The van der Waals surface area contributed by atoms with Gasteiger partial charge in [0.25, 0.3) is 0 Å². The molecule has 0 atom stereocenters. The van der Waals surface area contributed by atoms with Crippen molar-refractivity contribution >= 4 is 11.5 Å². The van der Waals surface area contributed by atoms with Gasteiger partial charge in [0.1, 0.15) is 11.6 Å². The molecule has 0 unspecified atom stereocenters. The normalized spacial score (nSPS) is 11.3. The number of likely N-dealkylation sites (N-methyl/N-ethyl adjacent to an activating group) is 1. The average molecular weight is 299 g/mol. The summed E-state index contributed by atoms with van der Waals surface area (Å²) in [4.78, 5) is 6.44. The summed E-state index contributed by atoms with van der Waals surface area (Å²) in [5.74, 6) is 0.535. The van der Waals surface area contributed by atoms with Crippen LogP contribution in [0.15, 0.2) is 42.6 Å². The molecule has 0 saturated carbocycles. The van der Waals surface area contributed by atoms with Gasteiger partial charge in [-0.1, -0.05) is 0 Å². The second-order valence-corrected chi connectivity index (χ2v) is 5.37. The molecular weight excluding hydrogens is 281 g/mol. The summed E-state index contributed by atoms with van der Waals surface area (Å²) >= 11 is 0. The van der Waals surface area contributed by atoms with Crippen molar-refractivity contribution in [3.8, 4) is 11.3 Å². The molecule has 2 aromatic heterocycles. The SMILES string of the molecule is CN(C)CCNc1ccc2ncc(-c3ccc(F)cc3)n2n1. The van der Waals surface area contributed by atoms with Crippen molar-refractivity contribution in [1.82, 2.24) is 19.5 Å². The molecule has 0 spiro atoms. The van der Waals surface area contributed by atoms with E-state index in [2.05, 4.69) is 20.3 Å². The van der Waals surface area contributed by atoms with E-state index in [1.54, 1.807) is 22.8 Å². The molecule has 22 heavy (non-hydrogen) atoms. The first-order valence-electron chi connectivity index (χ1n) is 7.13. The first-order chi connectivity index (χ1) is 10.6. The molecule has 0 aliphatic rings. The zero-order valence-electron chi connectivity index (χ0n) is 12.6. The van der Waals surface area contributed by atoms with Gasteiger partial charge < -0.3 is 10.2 Å². The number of hydrogen-bond donors (Lipinski definition) is 1. The van der Waals surface area contributed by atoms with E-state index in [4.69, 9.17) is 0 Å². The zero-order chi connectivity index (χ0) is 15.5. The number of benzene rings is 1. The summed E-state index contributed by atoms with van der Waals surface area (Å²) in [6.07, 6.45) is 1.75. The number of nitrogens with zero attached hydrogens (tertiary/aromatic N) is 4. The highest BCUT2D eigenvalue weighted by Gasteiger charge is 2.08. The van der Waals surface area contributed by atoms with Crippen molar-refractivity contribution in [2.24, 2.45) is 0 Å². The van der Waals surface area contributed by atoms with Gasteiger partial charge >= 0.3 is 0 Å². The smallest absolute Gasteiger partial charge is 0.154 e. The summed E-state index contributed by atoms with van der Waals surface area (Å²) < 4.78 is 14.8. The number of imidazole rings is 1. The number of aromatic nitrogens is 3. The summed E-state index contributed by atoms with van der Waals surface area (Å²) in [6.45, 7) is 1.74. The first kappa shape index (κ1) is 14.5. The lowest BCUT2D eigenvalue weighted by Gasteiger charge is -2.11.